The average Bonchev–Trinajstić information content (AvgIpc) is 3.09. The van der Waals surface area contributed by atoms with Crippen LogP contribution in [0.2, 0.25) is 0 Å². The number of nitrogens with zero attached hydrogens (tertiary/aromatic N) is 4. The van der Waals surface area contributed by atoms with E-state index in [9.17, 15) is 31.3 Å². The maximum Gasteiger partial charge on any atom is 0.471 e. The molecule has 3 heterocycles. The Morgan fingerprint density at radius 1 is 1.26 bits per heavy atom. The third kappa shape index (κ3) is 6.51. The van der Waals surface area contributed by atoms with E-state index < -0.39 is 63.1 Å². The fraction of sp³-hybridized carbons (Fsp3) is 0.444. The van der Waals surface area contributed by atoms with E-state index in [0.29, 0.717) is 0 Å². The number of alkyl halides is 4. The summed E-state index contributed by atoms with van der Waals surface area (Å²) in [7, 11) is -5.01. The predicted molar refractivity (Wildman–Crippen MR) is 105 cm³/mol. The van der Waals surface area contributed by atoms with Gasteiger partial charge in [-0.3, -0.25) is 14.3 Å². The quantitative estimate of drug-likeness (QED) is 0.290. The van der Waals surface area contributed by atoms with Gasteiger partial charge in [0.2, 0.25) is 11.7 Å². The van der Waals surface area contributed by atoms with Crippen molar-refractivity contribution in [2.24, 2.45) is 0 Å². The van der Waals surface area contributed by atoms with Gasteiger partial charge in [0.05, 0.1) is 24.5 Å². The van der Waals surface area contributed by atoms with Gasteiger partial charge in [0.1, 0.15) is 18.7 Å². The predicted octanol–water partition coefficient (Wildman–Crippen LogP) is 2.18. The highest BCUT2D eigenvalue weighted by Crippen LogP contribution is 2.36. The van der Waals surface area contributed by atoms with E-state index in [1.54, 1.807) is 0 Å². The zero-order chi connectivity index (χ0) is 25.3. The Morgan fingerprint density at radius 2 is 1.91 bits per heavy atom. The highest BCUT2D eigenvalue weighted by molar-refractivity contribution is 7.46. The summed E-state index contributed by atoms with van der Waals surface area (Å²) in [6.07, 6.45) is -3.89. The van der Waals surface area contributed by atoms with Crippen molar-refractivity contribution < 1.29 is 45.6 Å². The van der Waals surface area contributed by atoms with Crippen LogP contribution in [-0.2, 0) is 26.6 Å². The Hall–Kier alpha value is -2.58. The van der Waals surface area contributed by atoms with Crippen molar-refractivity contribution in [2.45, 2.75) is 44.3 Å². The molecule has 0 unspecified atom stereocenters. The fourth-order valence-electron chi connectivity index (χ4n) is 3.22. The summed E-state index contributed by atoms with van der Waals surface area (Å²) in [5.41, 5.74) is -0.203. The van der Waals surface area contributed by atoms with Gasteiger partial charge in [0, 0.05) is 36.0 Å². The molecule has 0 radical (unpaired) electrons. The van der Waals surface area contributed by atoms with Crippen molar-refractivity contribution in [3.05, 3.63) is 41.9 Å². The minimum absolute atomic E-state index is 0.0187. The molecule has 16 heteroatoms. The highest BCUT2D eigenvalue weighted by Gasteiger charge is 2.38. The van der Waals surface area contributed by atoms with Gasteiger partial charge in [-0.1, -0.05) is 0 Å². The van der Waals surface area contributed by atoms with E-state index in [4.69, 9.17) is 9.79 Å². The molecule has 0 aromatic carbocycles. The molecule has 1 saturated heterocycles. The van der Waals surface area contributed by atoms with Crippen LogP contribution < -0.4 is 5.32 Å². The number of nitrogens with one attached hydrogen (secondary N) is 1. The number of aromatic nitrogens is 3. The third-order valence-electron chi connectivity index (χ3n) is 4.96. The molecule has 1 aliphatic heterocycles. The van der Waals surface area contributed by atoms with E-state index in [1.165, 1.54) is 6.92 Å². The molecule has 0 bridgehead atoms. The Bertz CT molecular complexity index is 1070. The minimum atomic E-state index is -5.01. The fourth-order valence-corrected chi connectivity index (χ4v) is 3.51. The van der Waals surface area contributed by atoms with Crippen LogP contribution in [0.3, 0.4) is 0 Å². The molecule has 10 nitrogen and oxygen atoms in total. The number of phosphoric acid groups is 1. The molecule has 1 amide bonds. The number of amides is 1. The van der Waals surface area contributed by atoms with E-state index in [1.807, 2.05) is 0 Å². The number of hydrogen-bond donors (Lipinski definition) is 3. The molecule has 2 aromatic heterocycles. The minimum Gasteiger partial charge on any atom is -0.313 e. The Kier molecular flexibility index (Phi) is 7.62. The molecule has 3 N–H and O–H groups in total. The Labute approximate surface area is 189 Å². The van der Waals surface area contributed by atoms with Gasteiger partial charge < -0.3 is 20.0 Å². The first kappa shape index (κ1) is 26.0. The van der Waals surface area contributed by atoms with Gasteiger partial charge >= 0.3 is 14.0 Å². The molecular weight excluding hydrogens is 492 g/mol. The van der Waals surface area contributed by atoms with E-state index >= 15 is 0 Å². The first-order valence-electron chi connectivity index (χ1n) is 9.67. The molecule has 2 aromatic rings. The standard InChI is InChI=1S/C18H19F5N5O5P/c1-9-12(19)3-15(27-9)16(29)28(8-33-34(30,31)32)7-10-2-14(24-6-13(10)20)11-4-25-17(26-5-11)18(21,22)23/h2,4-6,9,12,15,27H,3,7-8H2,1H3,(H2,30,31,32)/t9-,12+,15-/m0/s1. The lowest BCUT2D eigenvalue weighted by atomic mass is 10.1. The number of phosphoric ester groups is 1. The van der Waals surface area contributed by atoms with Crippen LogP contribution in [-0.4, -0.2) is 60.5 Å². The summed E-state index contributed by atoms with van der Waals surface area (Å²) in [6.45, 7) is 0.00761. The summed E-state index contributed by atoms with van der Waals surface area (Å²) >= 11 is 0. The first-order valence-corrected chi connectivity index (χ1v) is 11.2. The van der Waals surface area contributed by atoms with Crippen molar-refractivity contribution in [3.8, 4) is 11.3 Å². The van der Waals surface area contributed by atoms with Gasteiger partial charge in [-0.05, 0) is 13.0 Å². The van der Waals surface area contributed by atoms with Crippen LogP contribution in [0.15, 0.2) is 24.7 Å². The van der Waals surface area contributed by atoms with Gasteiger partial charge in [0.25, 0.3) is 0 Å². The molecule has 0 spiro atoms. The SMILES string of the molecule is C[C@@H]1N[C@H](C(=O)N(COP(=O)(O)O)Cc2cc(-c3cnc(C(F)(F)F)nc3)ncc2F)C[C@H]1F. The maximum absolute atomic E-state index is 14.5. The second kappa shape index (κ2) is 9.96. The number of pyridine rings is 1. The lowest BCUT2D eigenvalue weighted by Gasteiger charge is -2.26. The molecular formula is C18H19F5N5O5P. The smallest absolute Gasteiger partial charge is 0.313 e. The number of carbonyl (C=O) groups excluding carboxylic acids is 1. The topological polar surface area (TPSA) is 138 Å². The van der Waals surface area contributed by atoms with Gasteiger partial charge in [-0.15, -0.1) is 0 Å². The number of halogens is 5. The molecule has 34 heavy (non-hydrogen) atoms. The van der Waals surface area contributed by atoms with Crippen LogP contribution in [0.4, 0.5) is 22.0 Å². The zero-order valence-electron chi connectivity index (χ0n) is 17.4. The maximum atomic E-state index is 14.5. The van der Waals surface area contributed by atoms with E-state index in [2.05, 4.69) is 24.8 Å². The van der Waals surface area contributed by atoms with E-state index in [-0.39, 0.29) is 23.2 Å². The Morgan fingerprint density at radius 3 is 2.44 bits per heavy atom. The van der Waals surface area contributed by atoms with Gasteiger partial charge in [0.15, 0.2) is 0 Å². The summed E-state index contributed by atoms with van der Waals surface area (Å²) in [5, 5.41) is 2.71. The first-order chi connectivity index (χ1) is 15.7. The molecule has 0 aliphatic carbocycles. The Balaban J connectivity index is 1.86. The largest absolute Gasteiger partial charge is 0.471 e. The lowest BCUT2D eigenvalue weighted by molar-refractivity contribution is -0.145. The van der Waals surface area contributed by atoms with Crippen molar-refractivity contribution in [3.63, 3.8) is 0 Å². The lowest BCUT2D eigenvalue weighted by Crippen LogP contribution is -2.45. The molecule has 3 atom stereocenters. The van der Waals surface area contributed by atoms with Gasteiger partial charge in [-0.2, -0.15) is 13.2 Å². The molecule has 186 valence electrons. The van der Waals surface area contributed by atoms with Crippen molar-refractivity contribution in [2.75, 3.05) is 6.73 Å². The molecule has 1 aliphatic rings. The van der Waals surface area contributed by atoms with Crippen LogP contribution >= 0.6 is 7.82 Å². The normalized spacial score (nSPS) is 21.0. The monoisotopic (exact) mass is 511 g/mol. The van der Waals surface area contributed by atoms with Crippen LogP contribution in [0.1, 0.15) is 24.7 Å². The number of hydrogen-bond acceptors (Lipinski definition) is 7. The second-order valence-corrected chi connectivity index (χ2v) is 8.74. The van der Waals surface area contributed by atoms with Crippen molar-refractivity contribution >= 4 is 13.7 Å². The summed E-state index contributed by atoms with van der Waals surface area (Å²) < 4.78 is 81.8. The summed E-state index contributed by atoms with van der Waals surface area (Å²) in [5.74, 6) is -3.09. The third-order valence-corrected chi connectivity index (χ3v) is 5.41. The van der Waals surface area contributed by atoms with Crippen LogP contribution in [0.25, 0.3) is 11.3 Å². The zero-order valence-corrected chi connectivity index (χ0v) is 18.3. The van der Waals surface area contributed by atoms with Crippen molar-refractivity contribution in [1.82, 2.24) is 25.2 Å². The average molecular weight is 511 g/mol. The van der Waals surface area contributed by atoms with E-state index in [0.717, 1.165) is 29.6 Å². The molecule has 3 rings (SSSR count). The van der Waals surface area contributed by atoms with Crippen molar-refractivity contribution in [1.29, 1.82) is 0 Å². The number of carbonyl (C=O) groups is 1. The number of rotatable bonds is 7. The van der Waals surface area contributed by atoms with Gasteiger partial charge in [-0.25, -0.2) is 23.3 Å². The molecule has 0 saturated carbocycles. The van der Waals surface area contributed by atoms with Crippen LogP contribution in [0, 0.1) is 5.82 Å². The van der Waals surface area contributed by atoms with Crippen LogP contribution in [0.5, 0.6) is 0 Å². The summed E-state index contributed by atoms with van der Waals surface area (Å²) in [6, 6.07) is -0.581. The highest BCUT2D eigenvalue weighted by atomic mass is 31.2. The second-order valence-electron chi connectivity index (χ2n) is 7.50. The molecule has 1 fully saturated rings. The summed E-state index contributed by atoms with van der Waals surface area (Å²) in [4.78, 5) is 41.8.